The van der Waals surface area contributed by atoms with Gasteiger partial charge in [0.05, 0.1) is 15.1 Å². The molecule has 1 aliphatic heterocycles. The summed E-state index contributed by atoms with van der Waals surface area (Å²) in [6.07, 6.45) is 0.690. The second-order valence-corrected chi connectivity index (χ2v) is 11.5. The van der Waals surface area contributed by atoms with Gasteiger partial charge in [-0.1, -0.05) is 47.7 Å². The Kier molecular flexibility index (Phi) is 5.75. The van der Waals surface area contributed by atoms with E-state index < -0.39 is 15.9 Å². The molecule has 3 aromatic carbocycles. The molecule has 1 amide bonds. The van der Waals surface area contributed by atoms with E-state index in [1.807, 2.05) is 49.7 Å². The van der Waals surface area contributed by atoms with Crippen LogP contribution >= 0.6 is 11.3 Å². The lowest BCUT2D eigenvalue weighted by Gasteiger charge is -2.28. The summed E-state index contributed by atoms with van der Waals surface area (Å²) in [6.45, 7) is 4.89. The largest absolute Gasteiger partial charge is 0.319 e. The van der Waals surface area contributed by atoms with Crippen molar-refractivity contribution in [3.8, 4) is 0 Å². The molecule has 1 aliphatic rings. The van der Waals surface area contributed by atoms with Crippen LogP contribution in [-0.2, 0) is 30.0 Å². The number of sulfonamides is 1. The maximum Gasteiger partial charge on any atom is 0.279 e. The van der Waals surface area contributed by atoms with Crippen molar-refractivity contribution in [1.29, 1.82) is 0 Å². The van der Waals surface area contributed by atoms with Crippen LogP contribution < -0.4 is 4.80 Å². The average molecular weight is 492 g/mol. The van der Waals surface area contributed by atoms with Crippen molar-refractivity contribution in [3.63, 3.8) is 0 Å². The van der Waals surface area contributed by atoms with E-state index in [0.29, 0.717) is 29.9 Å². The molecule has 0 bridgehead atoms. The molecule has 34 heavy (non-hydrogen) atoms. The summed E-state index contributed by atoms with van der Waals surface area (Å²) in [5, 5.41) is 0. The number of aromatic nitrogens is 1. The van der Waals surface area contributed by atoms with Crippen molar-refractivity contribution in [2.24, 2.45) is 12.0 Å². The highest BCUT2D eigenvalue weighted by atomic mass is 32.2. The molecule has 1 aromatic heterocycles. The van der Waals surface area contributed by atoms with Crippen LogP contribution in [0.1, 0.15) is 32.6 Å². The molecule has 2 heterocycles. The third kappa shape index (κ3) is 3.91. The molecule has 0 atom stereocenters. The summed E-state index contributed by atoms with van der Waals surface area (Å²) in [5.74, 6) is -0.395. The van der Waals surface area contributed by atoms with Crippen molar-refractivity contribution >= 4 is 37.5 Å². The molecule has 5 rings (SSSR count). The molecular weight excluding hydrogens is 466 g/mol. The Labute approximate surface area is 202 Å². The number of amides is 1. The maximum atomic E-state index is 13.2. The van der Waals surface area contributed by atoms with Crippen LogP contribution in [-0.4, -0.2) is 29.7 Å². The fraction of sp³-hybridized carbons (Fsp3) is 0.231. The van der Waals surface area contributed by atoms with Crippen LogP contribution in [0.15, 0.2) is 70.6 Å². The Hall–Kier alpha value is -3.07. The van der Waals surface area contributed by atoms with Gasteiger partial charge in [-0.2, -0.15) is 9.30 Å². The van der Waals surface area contributed by atoms with E-state index in [-0.39, 0.29) is 4.90 Å². The molecule has 8 heteroatoms. The minimum absolute atomic E-state index is 0.182. The predicted octanol–water partition coefficient (Wildman–Crippen LogP) is 4.34. The molecule has 4 aromatic rings. The quantitative estimate of drug-likeness (QED) is 0.428. The molecule has 0 spiro atoms. The first-order valence-corrected chi connectivity index (χ1v) is 13.3. The molecule has 6 nitrogen and oxygen atoms in total. The van der Waals surface area contributed by atoms with Crippen LogP contribution in [0, 0.1) is 13.8 Å². The Bertz CT molecular complexity index is 1600. The summed E-state index contributed by atoms with van der Waals surface area (Å²) in [5.41, 5.74) is 5.92. The summed E-state index contributed by atoms with van der Waals surface area (Å²) in [4.78, 5) is 18.0. The zero-order valence-electron chi connectivity index (χ0n) is 19.3. The average Bonchev–Trinajstić information content (AvgIpc) is 3.18. The third-order valence-electron chi connectivity index (χ3n) is 6.38. The summed E-state index contributed by atoms with van der Waals surface area (Å²) in [6, 6.07) is 18.1. The van der Waals surface area contributed by atoms with Crippen LogP contribution in [0.5, 0.6) is 0 Å². The Morgan fingerprint density at radius 3 is 2.32 bits per heavy atom. The number of thiazole rings is 1. The predicted molar refractivity (Wildman–Crippen MR) is 134 cm³/mol. The van der Waals surface area contributed by atoms with Crippen molar-refractivity contribution in [1.82, 2.24) is 8.87 Å². The lowest BCUT2D eigenvalue weighted by atomic mass is 10.0. The van der Waals surface area contributed by atoms with Crippen LogP contribution in [0.2, 0.25) is 0 Å². The van der Waals surface area contributed by atoms with E-state index in [9.17, 15) is 13.2 Å². The van der Waals surface area contributed by atoms with Gasteiger partial charge >= 0.3 is 0 Å². The van der Waals surface area contributed by atoms with E-state index >= 15 is 0 Å². The first-order chi connectivity index (χ1) is 16.3. The van der Waals surface area contributed by atoms with E-state index in [0.717, 1.165) is 26.9 Å². The van der Waals surface area contributed by atoms with Gasteiger partial charge in [-0.3, -0.25) is 4.79 Å². The number of hydrogen-bond donors (Lipinski definition) is 0. The molecule has 0 saturated carbocycles. The summed E-state index contributed by atoms with van der Waals surface area (Å²) < 4.78 is 30.9. The monoisotopic (exact) mass is 491 g/mol. The van der Waals surface area contributed by atoms with Gasteiger partial charge in [0.1, 0.15) is 0 Å². The fourth-order valence-electron chi connectivity index (χ4n) is 4.41. The number of fused-ring (bicyclic) bond motifs is 2. The number of carbonyl (C=O) groups is 1. The highest BCUT2D eigenvalue weighted by Crippen LogP contribution is 2.26. The lowest BCUT2D eigenvalue weighted by Crippen LogP contribution is -2.35. The highest BCUT2D eigenvalue weighted by molar-refractivity contribution is 7.89. The van der Waals surface area contributed by atoms with Gasteiger partial charge in [0, 0.05) is 25.7 Å². The van der Waals surface area contributed by atoms with Gasteiger partial charge in [0.2, 0.25) is 10.0 Å². The van der Waals surface area contributed by atoms with Gasteiger partial charge in [0.15, 0.2) is 4.80 Å². The first-order valence-electron chi connectivity index (χ1n) is 11.1. The molecule has 0 N–H and O–H groups in total. The Morgan fingerprint density at radius 2 is 1.62 bits per heavy atom. The fourth-order valence-corrected chi connectivity index (χ4v) is 7.00. The van der Waals surface area contributed by atoms with Crippen molar-refractivity contribution in [2.45, 2.75) is 31.7 Å². The first kappa shape index (κ1) is 22.7. The molecule has 174 valence electrons. The normalized spacial score (nSPS) is 15.0. The number of carbonyl (C=O) groups excluding carboxylic acids is 1. The van der Waals surface area contributed by atoms with Gasteiger partial charge in [-0.15, -0.1) is 0 Å². The zero-order chi connectivity index (χ0) is 24.0. The van der Waals surface area contributed by atoms with Gasteiger partial charge in [-0.25, -0.2) is 8.42 Å². The maximum absolute atomic E-state index is 13.2. The van der Waals surface area contributed by atoms with Gasteiger partial charge in [0.25, 0.3) is 5.91 Å². The van der Waals surface area contributed by atoms with E-state index in [1.165, 1.54) is 33.3 Å². The van der Waals surface area contributed by atoms with Gasteiger partial charge < -0.3 is 4.57 Å². The van der Waals surface area contributed by atoms with Crippen molar-refractivity contribution in [2.75, 3.05) is 6.54 Å². The molecule has 0 aliphatic carbocycles. The summed E-state index contributed by atoms with van der Waals surface area (Å²) >= 11 is 1.48. The van der Waals surface area contributed by atoms with E-state index in [4.69, 9.17) is 0 Å². The minimum atomic E-state index is -3.65. The second-order valence-electron chi connectivity index (χ2n) is 8.62. The number of benzene rings is 3. The molecule has 0 saturated heterocycles. The van der Waals surface area contributed by atoms with Crippen molar-refractivity contribution in [3.05, 3.63) is 93.3 Å². The lowest BCUT2D eigenvalue weighted by molar-refractivity contribution is 0.0998. The number of rotatable bonds is 3. The molecular formula is C26H25N3O3S2. The molecule has 0 radical (unpaired) electrons. The van der Waals surface area contributed by atoms with Crippen LogP contribution in [0.3, 0.4) is 0 Å². The van der Waals surface area contributed by atoms with E-state index in [2.05, 4.69) is 17.1 Å². The Balaban J connectivity index is 1.42. The smallest absolute Gasteiger partial charge is 0.279 e. The number of nitrogens with zero attached hydrogens (tertiary/aromatic N) is 3. The Morgan fingerprint density at radius 1 is 0.941 bits per heavy atom. The van der Waals surface area contributed by atoms with Gasteiger partial charge in [-0.05, 0) is 66.8 Å². The second kappa shape index (κ2) is 8.61. The molecule has 0 unspecified atom stereocenters. The van der Waals surface area contributed by atoms with Crippen molar-refractivity contribution < 1.29 is 13.2 Å². The third-order valence-corrected chi connectivity index (χ3v) is 9.50. The van der Waals surface area contributed by atoms with E-state index in [1.54, 1.807) is 12.1 Å². The van der Waals surface area contributed by atoms with Crippen LogP contribution in [0.25, 0.3) is 10.2 Å². The topological polar surface area (TPSA) is 71.7 Å². The molecule has 0 fully saturated rings. The summed E-state index contributed by atoms with van der Waals surface area (Å²) in [7, 11) is -1.74. The number of aryl methyl sites for hydroxylation is 3. The zero-order valence-corrected chi connectivity index (χ0v) is 20.9. The SMILES string of the molecule is Cc1ccc(C)c2c1sc(=NC(=O)c1ccc(S(=O)(=O)N3CCc4ccccc4C3)cc1)n2C. The number of hydrogen-bond acceptors (Lipinski definition) is 4. The highest BCUT2D eigenvalue weighted by Gasteiger charge is 2.28. The van der Waals surface area contributed by atoms with Crippen LogP contribution in [0.4, 0.5) is 0 Å². The minimum Gasteiger partial charge on any atom is -0.319 e. The standard InChI is InChI=1S/C26H25N3O3S2/c1-17-8-9-18(2)24-23(17)28(3)26(33-24)27-25(30)20-10-12-22(13-11-20)34(31,32)29-15-14-19-6-4-5-7-21(19)16-29/h4-13H,14-16H2,1-3H3.